The van der Waals surface area contributed by atoms with E-state index in [4.69, 9.17) is 14.7 Å². The maximum absolute atomic E-state index is 12.3. The second-order valence-corrected chi connectivity index (χ2v) is 8.99. The molecule has 1 saturated heterocycles. The first kappa shape index (κ1) is 21.4. The minimum absolute atomic E-state index is 0.378. The van der Waals surface area contributed by atoms with Crippen molar-refractivity contribution in [3.63, 3.8) is 0 Å². The summed E-state index contributed by atoms with van der Waals surface area (Å²) in [6, 6.07) is 26.1. The van der Waals surface area contributed by atoms with Crippen LogP contribution in [0, 0.1) is 0 Å². The molecule has 0 aromatic heterocycles. The number of hydroxylamine groups is 1. The van der Waals surface area contributed by atoms with Crippen molar-refractivity contribution in [2.75, 3.05) is 13.2 Å². The van der Waals surface area contributed by atoms with E-state index < -0.39 is 4.75 Å². The molecule has 0 spiro atoms. The van der Waals surface area contributed by atoms with Gasteiger partial charge in [-0.15, -0.1) is 11.8 Å². The summed E-state index contributed by atoms with van der Waals surface area (Å²) in [4.78, 5) is 13.2. The van der Waals surface area contributed by atoms with Gasteiger partial charge in [-0.1, -0.05) is 42.5 Å². The summed E-state index contributed by atoms with van der Waals surface area (Å²) in [5.74, 6) is 1.13. The molecule has 0 atom stereocenters. The SMILES string of the molecule is O=C(NO)C1(Sc2ccc(Oc3ccc(Cc4ccccc4)cc3)cc2)CCOCC1. The van der Waals surface area contributed by atoms with Crippen LogP contribution in [0.1, 0.15) is 24.0 Å². The highest BCUT2D eigenvalue weighted by molar-refractivity contribution is 8.01. The highest BCUT2D eigenvalue weighted by Gasteiger charge is 2.41. The van der Waals surface area contributed by atoms with Gasteiger partial charge in [0.25, 0.3) is 5.91 Å². The zero-order chi connectivity index (χ0) is 21.5. The molecule has 1 aliphatic heterocycles. The fraction of sp³-hybridized carbons (Fsp3) is 0.240. The van der Waals surface area contributed by atoms with Crippen LogP contribution >= 0.6 is 11.8 Å². The van der Waals surface area contributed by atoms with Gasteiger partial charge in [-0.25, -0.2) is 5.48 Å². The summed E-state index contributed by atoms with van der Waals surface area (Å²) >= 11 is 1.45. The number of hydrogen-bond acceptors (Lipinski definition) is 5. The molecule has 160 valence electrons. The minimum Gasteiger partial charge on any atom is -0.457 e. The molecular formula is C25H25NO4S. The Hall–Kier alpha value is -2.80. The van der Waals surface area contributed by atoms with Gasteiger partial charge in [0.2, 0.25) is 0 Å². The Bertz CT molecular complexity index is 984. The first-order valence-electron chi connectivity index (χ1n) is 10.3. The van der Waals surface area contributed by atoms with Gasteiger partial charge in [0.15, 0.2) is 0 Å². The monoisotopic (exact) mass is 435 g/mol. The summed E-state index contributed by atoms with van der Waals surface area (Å²) in [5.41, 5.74) is 4.33. The number of rotatable bonds is 7. The molecule has 4 rings (SSSR count). The number of benzene rings is 3. The van der Waals surface area contributed by atoms with Gasteiger partial charge < -0.3 is 9.47 Å². The van der Waals surface area contributed by atoms with Crippen LogP contribution in [0.25, 0.3) is 0 Å². The van der Waals surface area contributed by atoms with E-state index in [0.29, 0.717) is 26.1 Å². The van der Waals surface area contributed by atoms with E-state index >= 15 is 0 Å². The molecule has 1 fully saturated rings. The third kappa shape index (κ3) is 5.47. The lowest BCUT2D eigenvalue weighted by Crippen LogP contribution is -2.46. The van der Waals surface area contributed by atoms with Gasteiger partial charge in [-0.2, -0.15) is 0 Å². The first-order chi connectivity index (χ1) is 15.2. The van der Waals surface area contributed by atoms with Crippen LogP contribution in [-0.2, 0) is 16.0 Å². The van der Waals surface area contributed by atoms with Crippen molar-refractivity contribution in [1.29, 1.82) is 0 Å². The Labute approximate surface area is 186 Å². The Balaban J connectivity index is 1.38. The highest BCUT2D eigenvalue weighted by atomic mass is 32.2. The Kier molecular flexibility index (Phi) is 6.92. The van der Waals surface area contributed by atoms with E-state index in [1.54, 1.807) is 0 Å². The van der Waals surface area contributed by atoms with Gasteiger partial charge in [-0.05, 0) is 66.8 Å². The molecule has 0 radical (unpaired) electrons. The molecule has 0 saturated carbocycles. The lowest BCUT2D eigenvalue weighted by molar-refractivity contribution is -0.134. The summed E-state index contributed by atoms with van der Waals surface area (Å²) < 4.78 is 10.6. The molecule has 1 heterocycles. The molecule has 1 amide bonds. The standard InChI is InChI=1S/C25H25NO4S/c27-24(26-28)25(14-16-29-17-15-25)31-23-12-10-22(11-13-23)30-21-8-6-20(7-9-21)18-19-4-2-1-3-5-19/h1-13,28H,14-18H2,(H,26,27). The van der Waals surface area contributed by atoms with E-state index in [1.165, 1.54) is 22.9 Å². The fourth-order valence-electron chi connectivity index (χ4n) is 3.62. The van der Waals surface area contributed by atoms with E-state index in [0.717, 1.165) is 22.8 Å². The predicted octanol–water partition coefficient (Wildman–Crippen LogP) is 5.22. The van der Waals surface area contributed by atoms with Crippen molar-refractivity contribution in [3.05, 3.63) is 90.0 Å². The van der Waals surface area contributed by atoms with E-state index in [-0.39, 0.29) is 5.91 Å². The summed E-state index contributed by atoms with van der Waals surface area (Å²) in [7, 11) is 0. The van der Waals surface area contributed by atoms with Crippen LogP contribution in [0.3, 0.4) is 0 Å². The second kappa shape index (κ2) is 10.0. The normalized spacial score (nSPS) is 15.3. The number of ether oxygens (including phenoxy) is 2. The lowest BCUT2D eigenvalue weighted by atomic mass is 9.98. The molecule has 31 heavy (non-hydrogen) atoms. The molecule has 1 aliphatic rings. The number of carbonyl (C=O) groups excluding carboxylic acids is 1. The summed E-state index contributed by atoms with van der Waals surface area (Å²) in [5, 5.41) is 9.17. The Morgan fingerprint density at radius 2 is 1.48 bits per heavy atom. The number of carbonyl (C=O) groups is 1. The van der Waals surface area contributed by atoms with Crippen LogP contribution in [0.2, 0.25) is 0 Å². The van der Waals surface area contributed by atoms with E-state index in [1.807, 2.05) is 47.9 Å². The number of amides is 1. The molecule has 3 aromatic carbocycles. The van der Waals surface area contributed by atoms with Gasteiger partial charge in [0.05, 0.1) is 0 Å². The molecule has 0 unspecified atom stereocenters. The smallest absolute Gasteiger partial charge is 0.260 e. The molecule has 3 aromatic rings. The number of nitrogens with one attached hydrogen (secondary N) is 1. The number of hydrogen-bond donors (Lipinski definition) is 2. The van der Waals surface area contributed by atoms with Gasteiger partial charge in [-0.3, -0.25) is 10.0 Å². The molecule has 2 N–H and O–H groups in total. The third-order valence-electron chi connectivity index (χ3n) is 5.36. The van der Waals surface area contributed by atoms with Crippen molar-refractivity contribution in [2.45, 2.75) is 28.9 Å². The summed E-state index contributed by atoms with van der Waals surface area (Å²) in [6.45, 7) is 1.00. The van der Waals surface area contributed by atoms with Gasteiger partial charge in [0.1, 0.15) is 16.2 Å². The van der Waals surface area contributed by atoms with E-state index in [9.17, 15) is 4.79 Å². The van der Waals surface area contributed by atoms with Gasteiger partial charge in [0, 0.05) is 18.1 Å². The Morgan fingerprint density at radius 1 is 0.903 bits per heavy atom. The summed E-state index contributed by atoms with van der Waals surface area (Å²) in [6.07, 6.45) is 2.00. The average molecular weight is 436 g/mol. The molecule has 0 bridgehead atoms. The van der Waals surface area contributed by atoms with Crippen molar-refractivity contribution in [2.24, 2.45) is 0 Å². The van der Waals surface area contributed by atoms with Crippen LogP contribution < -0.4 is 10.2 Å². The molecular weight excluding hydrogens is 410 g/mol. The zero-order valence-corrected chi connectivity index (χ0v) is 17.9. The van der Waals surface area contributed by atoms with Crippen molar-refractivity contribution < 1.29 is 19.5 Å². The minimum atomic E-state index is -0.718. The fourth-order valence-corrected chi connectivity index (χ4v) is 4.86. The van der Waals surface area contributed by atoms with Crippen molar-refractivity contribution in [3.8, 4) is 11.5 Å². The predicted molar refractivity (Wildman–Crippen MR) is 121 cm³/mol. The molecule has 6 heteroatoms. The third-order valence-corrected chi connectivity index (χ3v) is 6.86. The topological polar surface area (TPSA) is 67.8 Å². The second-order valence-electron chi connectivity index (χ2n) is 7.53. The van der Waals surface area contributed by atoms with Crippen molar-refractivity contribution >= 4 is 17.7 Å². The maximum atomic E-state index is 12.3. The molecule has 5 nitrogen and oxygen atoms in total. The van der Waals surface area contributed by atoms with E-state index in [2.05, 4.69) is 36.4 Å². The zero-order valence-electron chi connectivity index (χ0n) is 17.1. The van der Waals surface area contributed by atoms with Crippen LogP contribution in [0.4, 0.5) is 0 Å². The maximum Gasteiger partial charge on any atom is 0.260 e. The quantitative estimate of drug-likeness (QED) is 0.394. The lowest BCUT2D eigenvalue weighted by Gasteiger charge is -2.34. The van der Waals surface area contributed by atoms with Crippen molar-refractivity contribution in [1.82, 2.24) is 5.48 Å². The highest BCUT2D eigenvalue weighted by Crippen LogP contribution is 2.41. The average Bonchev–Trinajstić information content (AvgIpc) is 2.82. The van der Waals surface area contributed by atoms with Crippen LogP contribution in [0.5, 0.6) is 11.5 Å². The van der Waals surface area contributed by atoms with Crippen LogP contribution in [0.15, 0.2) is 83.8 Å². The first-order valence-corrected chi connectivity index (χ1v) is 11.1. The Morgan fingerprint density at radius 3 is 2.10 bits per heavy atom. The van der Waals surface area contributed by atoms with Gasteiger partial charge >= 0.3 is 0 Å². The largest absolute Gasteiger partial charge is 0.457 e. The number of thioether (sulfide) groups is 1. The molecule has 0 aliphatic carbocycles. The van der Waals surface area contributed by atoms with Crippen LogP contribution in [-0.4, -0.2) is 29.1 Å².